The third-order valence-electron chi connectivity index (χ3n) is 13.2. The number of nitrogens with zero attached hydrogens (tertiary/aromatic N) is 4. The molecule has 6 heteroatoms. The molecule has 0 radical (unpaired) electrons. The molecule has 1 aliphatic rings. The van der Waals surface area contributed by atoms with E-state index in [1.807, 2.05) is 24.4 Å². The maximum Gasteiger partial charge on any atom is 0.135 e. The first-order valence-corrected chi connectivity index (χ1v) is 23.4. The molecule has 0 bridgehead atoms. The zero-order chi connectivity index (χ0) is 46.7. The summed E-state index contributed by atoms with van der Waals surface area (Å²) < 4.78 is 8.97. The maximum atomic E-state index is 6.74. The molecule has 0 atom stereocenters. The summed E-state index contributed by atoms with van der Waals surface area (Å²) in [4.78, 5) is 9.66. The molecule has 3 heterocycles. The Morgan fingerprint density at radius 2 is 1.09 bits per heavy atom. The van der Waals surface area contributed by atoms with E-state index in [0.29, 0.717) is 11.5 Å². The number of anilines is 4. The number of benzene rings is 8. The van der Waals surface area contributed by atoms with Crippen molar-refractivity contribution in [3.63, 3.8) is 0 Å². The number of ether oxygens (including phenoxy) is 1. The Balaban J connectivity index is 0.00000553. The summed E-state index contributed by atoms with van der Waals surface area (Å²) in [5, 5.41) is 2.24. The van der Waals surface area contributed by atoms with Crippen molar-refractivity contribution in [1.29, 1.82) is 0 Å². The zero-order valence-corrected chi connectivity index (χ0v) is 42.3. The minimum atomic E-state index is -0.0188. The van der Waals surface area contributed by atoms with Crippen LogP contribution in [-0.2, 0) is 31.9 Å². The van der Waals surface area contributed by atoms with Crippen LogP contribution in [0.15, 0.2) is 188 Å². The molecule has 0 N–H and O–H groups in total. The van der Waals surface area contributed by atoms with Crippen LogP contribution in [0, 0.1) is 25.7 Å². The number of hydrogen-bond donors (Lipinski definition) is 0. The van der Waals surface area contributed by atoms with Gasteiger partial charge < -0.3 is 19.1 Å². The molecule has 0 saturated heterocycles. The molecule has 2 aromatic heterocycles. The summed E-state index contributed by atoms with van der Waals surface area (Å²) in [6.45, 7) is 17.9. The van der Waals surface area contributed by atoms with E-state index in [0.717, 1.165) is 89.3 Å². The van der Waals surface area contributed by atoms with Gasteiger partial charge in [-0.05, 0) is 80.8 Å². The van der Waals surface area contributed by atoms with Crippen LogP contribution in [0.3, 0.4) is 0 Å². The molecule has 0 saturated carbocycles. The first kappa shape index (κ1) is 45.6. The second kappa shape index (κ2) is 18.0. The molecule has 344 valence electrons. The average Bonchev–Trinajstić information content (AvgIpc) is 3.89. The summed E-state index contributed by atoms with van der Waals surface area (Å²) in [5.41, 5.74) is 16.7. The van der Waals surface area contributed by atoms with Crippen LogP contribution < -0.4 is 14.5 Å². The van der Waals surface area contributed by atoms with Crippen LogP contribution in [0.5, 0.6) is 11.5 Å². The first-order chi connectivity index (χ1) is 32.9. The van der Waals surface area contributed by atoms with E-state index >= 15 is 0 Å². The van der Waals surface area contributed by atoms with Crippen molar-refractivity contribution < 1.29 is 25.8 Å². The predicted octanol–water partition coefficient (Wildman–Crippen LogP) is 16.9. The van der Waals surface area contributed by atoms with Crippen LogP contribution in [0.25, 0.3) is 61.0 Å². The number of aromatic nitrogens is 2. The molecule has 10 aromatic rings. The Kier molecular flexibility index (Phi) is 11.9. The molecule has 0 unspecified atom stereocenters. The summed E-state index contributed by atoms with van der Waals surface area (Å²) in [6.07, 6.45) is 2.01. The SMILES string of the molecule is Cc1cc(-n2c3[c-]c(Oc4[c-]c(N5[CH-]N(c6c(-c7ccccc7)cccc6-c6ccccc6)c6ccccc65)ccc4)ccc3c3cc(C(C)(C)C)ccc32)ncc1-c1ccc(C(C)(C)C)cc1.[Pt]. The van der Waals surface area contributed by atoms with E-state index in [1.165, 1.54) is 11.1 Å². The minimum absolute atomic E-state index is 0. The van der Waals surface area contributed by atoms with E-state index in [2.05, 4.69) is 245 Å². The van der Waals surface area contributed by atoms with Crippen molar-refractivity contribution in [3.8, 4) is 50.7 Å². The fraction of sp³-hybridized carbons (Fsp3) is 0.143. The molecule has 0 aliphatic carbocycles. The van der Waals surface area contributed by atoms with Crippen molar-refractivity contribution in [1.82, 2.24) is 9.55 Å². The van der Waals surface area contributed by atoms with Crippen LogP contribution >= 0.6 is 0 Å². The molecule has 69 heavy (non-hydrogen) atoms. The van der Waals surface area contributed by atoms with E-state index in [9.17, 15) is 0 Å². The molecule has 0 fully saturated rings. The van der Waals surface area contributed by atoms with Gasteiger partial charge >= 0.3 is 0 Å². The number of pyridine rings is 1. The van der Waals surface area contributed by atoms with Crippen molar-refractivity contribution in [2.24, 2.45) is 0 Å². The van der Waals surface area contributed by atoms with Crippen molar-refractivity contribution >= 4 is 44.6 Å². The number of hydrogen-bond acceptors (Lipinski definition) is 4. The normalized spacial score (nSPS) is 12.6. The van der Waals surface area contributed by atoms with Crippen LogP contribution in [0.4, 0.5) is 22.7 Å². The molecular formula is C63H53N4OPt-3. The Bertz CT molecular complexity index is 3430. The van der Waals surface area contributed by atoms with E-state index in [1.54, 1.807) is 0 Å². The quantitative estimate of drug-likeness (QED) is 0.142. The second-order valence-electron chi connectivity index (χ2n) is 19.9. The van der Waals surface area contributed by atoms with Crippen LogP contribution in [-0.4, -0.2) is 9.55 Å². The monoisotopic (exact) mass is 1080 g/mol. The molecule has 5 nitrogen and oxygen atoms in total. The Labute approximate surface area is 420 Å². The molecular weight excluding hydrogens is 1020 g/mol. The van der Waals surface area contributed by atoms with Crippen molar-refractivity contribution in [3.05, 3.63) is 224 Å². The van der Waals surface area contributed by atoms with Gasteiger partial charge in [0.2, 0.25) is 0 Å². The van der Waals surface area contributed by atoms with Crippen LogP contribution in [0.2, 0.25) is 0 Å². The summed E-state index contributed by atoms with van der Waals surface area (Å²) in [5.74, 6) is 2.01. The fourth-order valence-electron chi connectivity index (χ4n) is 9.54. The summed E-state index contributed by atoms with van der Waals surface area (Å²) in [6, 6.07) is 71.8. The van der Waals surface area contributed by atoms with Gasteiger partial charge in [0.25, 0.3) is 0 Å². The fourth-order valence-corrected chi connectivity index (χ4v) is 9.54. The smallest absolute Gasteiger partial charge is 0.135 e. The van der Waals surface area contributed by atoms with Gasteiger partial charge in [0, 0.05) is 78.0 Å². The van der Waals surface area contributed by atoms with Gasteiger partial charge in [-0.15, -0.1) is 48.1 Å². The molecule has 0 amide bonds. The third kappa shape index (κ3) is 8.55. The summed E-state index contributed by atoms with van der Waals surface area (Å²) >= 11 is 0. The number of aryl methyl sites for hydroxylation is 1. The van der Waals surface area contributed by atoms with E-state index < -0.39 is 0 Å². The standard InChI is InChI=1S/C63H53N4O.Pt/c1-42-36-60(64-40-55(42)45-28-30-46(31-29-45)62(2,3)4)67-56-35-32-47(63(5,6)7)37-54(56)53-34-33-50(39-59(53)67)68-49-23-16-22-48(38-49)65-41-66(58-27-15-14-26-57(58)65)61-51(43-18-10-8-11-19-43)24-17-25-52(61)44-20-12-9-13-21-44;/h8-37,40-41H,1-7H3;/q-3;. The number of para-hydroxylation sites is 3. The topological polar surface area (TPSA) is 33.5 Å². The first-order valence-electron chi connectivity index (χ1n) is 23.4. The third-order valence-corrected chi connectivity index (χ3v) is 13.2. The van der Waals surface area contributed by atoms with Crippen molar-refractivity contribution in [2.45, 2.75) is 59.3 Å². The van der Waals surface area contributed by atoms with Gasteiger partial charge in [0.15, 0.2) is 0 Å². The Morgan fingerprint density at radius 3 is 1.72 bits per heavy atom. The van der Waals surface area contributed by atoms with E-state index in [4.69, 9.17) is 9.72 Å². The van der Waals surface area contributed by atoms with Gasteiger partial charge in [-0.25, -0.2) is 4.98 Å². The predicted molar refractivity (Wildman–Crippen MR) is 283 cm³/mol. The second-order valence-corrected chi connectivity index (χ2v) is 19.9. The van der Waals surface area contributed by atoms with E-state index in [-0.39, 0.29) is 31.9 Å². The number of rotatable bonds is 8. The zero-order valence-electron chi connectivity index (χ0n) is 40.0. The molecule has 0 spiro atoms. The average molecular weight is 1080 g/mol. The Hall–Kier alpha value is -7.20. The molecule has 1 aliphatic heterocycles. The number of fused-ring (bicyclic) bond motifs is 4. The molecule has 8 aromatic carbocycles. The van der Waals surface area contributed by atoms with Crippen LogP contribution in [0.1, 0.15) is 58.2 Å². The Morgan fingerprint density at radius 1 is 0.507 bits per heavy atom. The largest absolute Gasteiger partial charge is 0.509 e. The van der Waals surface area contributed by atoms with Gasteiger partial charge in [-0.3, -0.25) is 0 Å². The van der Waals surface area contributed by atoms with Crippen molar-refractivity contribution in [2.75, 3.05) is 9.80 Å². The minimum Gasteiger partial charge on any atom is -0.509 e. The van der Waals surface area contributed by atoms with Gasteiger partial charge in [-0.2, -0.15) is 12.1 Å². The maximum absolute atomic E-state index is 6.74. The van der Waals surface area contributed by atoms with Gasteiger partial charge in [0.1, 0.15) is 5.82 Å². The van der Waals surface area contributed by atoms with Gasteiger partial charge in [-0.1, -0.05) is 174 Å². The van der Waals surface area contributed by atoms with Gasteiger partial charge in [0.05, 0.1) is 0 Å². The molecule has 11 rings (SSSR count). The summed E-state index contributed by atoms with van der Waals surface area (Å²) in [7, 11) is 0.